The first-order chi connectivity index (χ1) is 12.0. The van der Waals surface area contributed by atoms with E-state index in [9.17, 15) is 15.3 Å². The van der Waals surface area contributed by atoms with Crippen LogP contribution in [0.3, 0.4) is 0 Å². The monoisotopic (exact) mass is 351 g/mol. The number of anilines is 2. The number of imidazole rings is 1. The number of nitrogens with two attached hydrogens (primary N) is 1. The van der Waals surface area contributed by atoms with Crippen molar-refractivity contribution < 1.29 is 20.1 Å². The second-order valence-electron chi connectivity index (χ2n) is 6.41. The Kier molecular flexibility index (Phi) is 3.96. The molecule has 0 unspecified atom stereocenters. The van der Waals surface area contributed by atoms with E-state index in [1.54, 1.807) is 0 Å². The molecule has 3 heterocycles. The number of hydrogen-bond donors (Lipinski definition) is 5. The minimum absolute atomic E-state index is 0.212. The molecule has 0 radical (unpaired) electrons. The zero-order chi connectivity index (χ0) is 17.7. The fraction of sp³-hybridized carbons (Fsp3) is 0.643. The van der Waals surface area contributed by atoms with E-state index in [-0.39, 0.29) is 5.95 Å². The van der Waals surface area contributed by atoms with Gasteiger partial charge < -0.3 is 25.0 Å². The van der Waals surface area contributed by atoms with E-state index in [0.29, 0.717) is 23.0 Å². The summed E-state index contributed by atoms with van der Waals surface area (Å²) in [6, 6.07) is 0.405. The highest BCUT2D eigenvalue weighted by molar-refractivity contribution is 5.85. The summed E-state index contributed by atoms with van der Waals surface area (Å²) in [5, 5.41) is 29.5. The molecule has 2 fully saturated rings. The van der Waals surface area contributed by atoms with Gasteiger partial charge in [0.1, 0.15) is 18.3 Å². The van der Waals surface area contributed by atoms with Gasteiger partial charge in [0.05, 0.1) is 12.9 Å². The van der Waals surface area contributed by atoms with Crippen molar-refractivity contribution in [3.8, 4) is 0 Å². The van der Waals surface area contributed by atoms with Crippen molar-refractivity contribution >= 4 is 22.9 Å². The van der Waals surface area contributed by atoms with Gasteiger partial charge in [0, 0.05) is 13.1 Å². The minimum Gasteiger partial charge on any atom is -0.394 e. The zero-order valence-electron chi connectivity index (χ0n) is 13.6. The van der Waals surface area contributed by atoms with Gasteiger partial charge in [-0.2, -0.15) is 9.97 Å². The standard InChI is InChI=1S/C14H21N7O4/c1-20(6-2-3-6)11-8-12(18-14(17-11)19-15)21(5-16-8)13-10(24)9(23)7(4-22)25-13/h5-7,9-10,13,22-24H,2-4,15H2,1H3,(H,17,18,19)/t7-,9+,10+,13-/m1/s1. The van der Waals surface area contributed by atoms with Crippen molar-refractivity contribution in [2.24, 2.45) is 5.84 Å². The number of hydrazine groups is 1. The van der Waals surface area contributed by atoms with Gasteiger partial charge in [-0.1, -0.05) is 0 Å². The van der Waals surface area contributed by atoms with Crippen LogP contribution < -0.4 is 16.2 Å². The lowest BCUT2D eigenvalue weighted by Gasteiger charge is -2.19. The van der Waals surface area contributed by atoms with Crippen LogP contribution in [0, 0.1) is 0 Å². The molecule has 2 aromatic heterocycles. The van der Waals surface area contributed by atoms with Gasteiger partial charge >= 0.3 is 0 Å². The molecule has 25 heavy (non-hydrogen) atoms. The van der Waals surface area contributed by atoms with Gasteiger partial charge in [-0.15, -0.1) is 0 Å². The van der Waals surface area contributed by atoms with Crippen LogP contribution in [0.5, 0.6) is 0 Å². The normalized spacial score (nSPS) is 29.3. The van der Waals surface area contributed by atoms with E-state index in [4.69, 9.17) is 10.6 Å². The topological polar surface area (TPSA) is 155 Å². The summed E-state index contributed by atoms with van der Waals surface area (Å²) in [4.78, 5) is 15.1. The Morgan fingerprint density at radius 2 is 2.12 bits per heavy atom. The molecular formula is C14H21N7O4. The second-order valence-corrected chi connectivity index (χ2v) is 6.41. The van der Waals surface area contributed by atoms with Crippen molar-refractivity contribution in [2.45, 2.75) is 43.4 Å². The van der Waals surface area contributed by atoms with Crippen molar-refractivity contribution in [1.29, 1.82) is 0 Å². The summed E-state index contributed by atoms with van der Waals surface area (Å²) < 4.78 is 7.09. The Hall–Kier alpha value is -2.05. The summed E-state index contributed by atoms with van der Waals surface area (Å²) >= 11 is 0. The molecule has 0 spiro atoms. The predicted molar refractivity (Wildman–Crippen MR) is 87.6 cm³/mol. The van der Waals surface area contributed by atoms with Crippen molar-refractivity contribution in [1.82, 2.24) is 19.5 Å². The third-order valence-electron chi connectivity index (χ3n) is 4.75. The van der Waals surface area contributed by atoms with Crippen LogP contribution in [0.2, 0.25) is 0 Å². The Labute approximate surface area is 143 Å². The smallest absolute Gasteiger partial charge is 0.241 e. The third-order valence-corrected chi connectivity index (χ3v) is 4.75. The molecule has 0 amide bonds. The van der Waals surface area contributed by atoms with Crippen LogP contribution in [-0.2, 0) is 4.74 Å². The van der Waals surface area contributed by atoms with Gasteiger partial charge in [0.2, 0.25) is 5.95 Å². The molecule has 4 rings (SSSR count). The molecule has 2 aliphatic rings. The van der Waals surface area contributed by atoms with Crippen LogP contribution in [-0.4, -0.2) is 72.8 Å². The van der Waals surface area contributed by atoms with Gasteiger partial charge in [0.25, 0.3) is 0 Å². The SMILES string of the molecule is CN(c1nc(NN)nc2c1ncn2[C@@H]1O[C@H](CO)[C@H](O)[C@@H]1O)C1CC1. The first-order valence-electron chi connectivity index (χ1n) is 8.11. The molecule has 1 saturated heterocycles. The first kappa shape index (κ1) is 16.4. The number of rotatable bonds is 5. The number of fused-ring (bicyclic) bond motifs is 1. The van der Waals surface area contributed by atoms with E-state index in [0.717, 1.165) is 12.8 Å². The molecule has 0 aromatic carbocycles. The fourth-order valence-electron chi connectivity index (χ4n) is 3.14. The molecule has 2 aromatic rings. The maximum atomic E-state index is 10.3. The zero-order valence-corrected chi connectivity index (χ0v) is 13.6. The molecule has 1 aliphatic carbocycles. The first-order valence-corrected chi connectivity index (χ1v) is 8.11. The lowest BCUT2D eigenvalue weighted by Crippen LogP contribution is -2.33. The van der Waals surface area contributed by atoms with Crippen LogP contribution in [0.1, 0.15) is 19.1 Å². The lowest BCUT2D eigenvalue weighted by molar-refractivity contribution is -0.0511. The highest BCUT2D eigenvalue weighted by Crippen LogP contribution is 2.36. The molecule has 0 bridgehead atoms. The quantitative estimate of drug-likeness (QED) is 0.312. The van der Waals surface area contributed by atoms with E-state index < -0.39 is 31.1 Å². The van der Waals surface area contributed by atoms with Crippen LogP contribution in [0.25, 0.3) is 11.2 Å². The molecule has 11 nitrogen and oxygen atoms in total. The van der Waals surface area contributed by atoms with E-state index in [1.165, 1.54) is 10.9 Å². The number of hydrogen-bond acceptors (Lipinski definition) is 10. The van der Waals surface area contributed by atoms with Gasteiger partial charge in [-0.05, 0) is 12.8 Å². The Morgan fingerprint density at radius 1 is 1.36 bits per heavy atom. The van der Waals surface area contributed by atoms with Crippen molar-refractivity contribution in [2.75, 3.05) is 24.0 Å². The Morgan fingerprint density at radius 3 is 2.72 bits per heavy atom. The number of aliphatic hydroxyl groups is 3. The van der Waals surface area contributed by atoms with Crippen molar-refractivity contribution in [3.05, 3.63) is 6.33 Å². The lowest BCUT2D eigenvalue weighted by atomic mass is 10.1. The molecule has 136 valence electrons. The van der Waals surface area contributed by atoms with E-state index in [2.05, 4.69) is 20.4 Å². The van der Waals surface area contributed by atoms with Crippen LogP contribution in [0.4, 0.5) is 11.8 Å². The molecule has 4 atom stereocenters. The number of ether oxygens (including phenoxy) is 1. The van der Waals surface area contributed by atoms with Gasteiger partial charge in [0.15, 0.2) is 23.2 Å². The third kappa shape index (κ3) is 2.60. The molecule has 6 N–H and O–H groups in total. The van der Waals surface area contributed by atoms with E-state index in [1.807, 2.05) is 11.9 Å². The summed E-state index contributed by atoms with van der Waals surface area (Å²) in [6.45, 7) is -0.401. The Balaban J connectivity index is 1.79. The fourth-order valence-corrected chi connectivity index (χ4v) is 3.14. The summed E-state index contributed by atoms with van der Waals surface area (Å²) in [6.07, 6.45) is -0.564. The molecular weight excluding hydrogens is 330 g/mol. The summed E-state index contributed by atoms with van der Waals surface area (Å²) in [5.41, 5.74) is 3.40. The number of nitrogens with one attached hydrogen (secondary N) is 1. The van der Waals surface area contributed by atoms with E-state index >= 15 is 0 Å². The maximum Gasteiger partial charge on any atom is 0.241 e. The number of aromatic nitrogens is 4. The van der Waals surface area contributed by atoms with Crippen LogP contribution >= 0.6 is 0 Å². The molecule has 1 aliphatic heterocycles. The highest BCUT2D eigenvalue weighted by atomic mass is 16.6. The average molecular weight is 351 g/mol. The molecule has 11 heteroatoms. The van der Waals surface area contributed by atoms with Gasteiger partial charge in [-0.25, -0.2) is 10.8 Å². The van der Waals surface area contributed by atoms with Crippen LogP contribution in [0.15, 0.2) is 6.33 Å². The second kappa shape index (κ2) is 6.04. The molecule has 1 saturated carbocycles. The largest absolute Gasteiger partial charge is 0.394 e. The number of aliphatic hydroxyl groups excluding tert-OH is 3. The summed E-state index contributed by atoms with van der Waals surface area (Å²) in [7, 11) is 1.94. The van der Waals surface area contributed by atoms with Crippen molar-refractivity contribution in [3.63, 3.8) is 0 Å². The predicted octanol–water partition coefficient (Wildman–Crippen LogP) is -1.68. The minimum atomic E-state index is -1.22. The average Bonchev–Trinajstić information content (AvgIpc) is 3.34. The Bertz CT molecular complexity index is 780. The maximum absolute atomic E-state index is 10.3. The summed E-state index contributed by atoms with van der Waals surface area (Å²) in [5.74, 6) is 6.33. The number of nitrogen functional groups attached to an aromatic ring is 1. The number of nitrogens with zero attached hydrogens (tertiary/aromatic N) is 5. The van der Waals surface area contributed by atoms with Gasteiger partial charge in [-0.3, -0.25) is 9.99 Å². The highest BCUT2D eigenvalue weighted by Gasteiger charge is 2.44.